The van der Waals surface area contributed by atoms with Crippen molar-refractivity contribution in [2.75, 3.05) is 0 Å². The number of fused-ring (bicyclic) bond motifs is 1. The average Bonchev–Trinajstić information content (AvgIpc) is 3.36. The molecule has 1 aliphatic rings. The first-order valence-corrected chi connectivity index (χ1v) is 11.0. The van der Waals surface area contributed by atoms with Crippen molar-refractivity contribution in [3.8, 4) is 11.8 Å². The molecule has 0 atom stereocenters. The van der Waals surface area contributed by atoms with E-state index in [0.29, 0.717) is 27.9 Å². The number of carbonyl (C=O) groups is 1. The van der Waals surface area contributed by atoms with Gasteiger partial charge in [0.2, 0.25) is 0 Å². The van der Waals surface area contributed by atoms with Gasteiger partial charge >= 0.3 is 0 Å². The molecule has 3 aromatic rings. The molecule has 0 bridgehead atoms. The number of nitrogens with zero attached hydrogens (tertiary/aromatic N) is 3. The Hall–Kier alpha value is -3.15. The average molecular weight is 435 g/mol. The maximum atomic E-state index is 12.3. The number of rotatable bonds is 5. The van der Waals surface area contributed by atoms with Crippen LogP contribution in [0.25, 0.3) is 17.0 Å². The van der Waals surface area contributed by atoms with E-state index in [4.69, 9.17) is 4.74 Å². The molecule has 0 spiro atoms. The second-order valence-corrected chi connectivity index (χ2v) is 8.88. The van der Waals surface area contributed by atoms with Crippen LogP contribution in [-0.4, -0.2) is 22.2 Å². The van der Waals surface area contributed by atoms with Gasteiger partial charge in [0.05, 0.1) is 23.1 Å². The minimum atomic E-state index is -0.267. The van der Waals surface area contributed by atoms with Crippen molar-refractivity contribution in [1.82, 2.24) is 10.3 Å². The molecule has 2 aromatic heterocycles. The minimum Gasteiger partial charge on any atom is -0.489 e. The van der Waals surface area contributed by atoms with Crippen molar-refractivity contribution in [3.05, 3.63) is 62.8 Å². The molecule has 1 aromatic carbocycles. The zero-order valence-electron chi connectivity index (χ0n) is 16.4. The lowest BCUT2D eigenvalue weighted by atomic mass is 10.1. The zero-order valence-corrected chi connectivity index (χ0v) is 18.0. The van der Waals surface area contributed by atoms with E-state index >= 15 is 0 Å². The lowest BCUT2D eigenvalue weighted by Gasteiger charge is -2.14. The van der Waals surface area contributed by atoms with Gasteiger partial charge in [0.15, 0.2) is 5.17 Å². The van der Waals surface area contributed by atoms with Gasteiger partial charge in [-0.25, -0.2) is 0 Å². The Balaban J connectivity index is 1.59. The first kappa shape index (κ1) is 20.1. The molecule has 3 heterocycles. The van der Waals surface area contributed by atoms with E-state index in [1.54, 1.807) is 17.4 Å². The third-order valence-electron chi connectivity index (χ3n) is 4.23. The zero-order chi connectivity index (χ0) is 21.1. The van der Waals surface area contributed by atoms with Gasteiger partial charge < -0.3 is 10.1 Å². The van der Waals surface area contributed by atoms with Crippen LogP contribution in [0.5, 0.6) is 5.75 Å². The number of pyridine rings is 1. The van der Waals surface area contributed by atoms with Gasteiger partial charge in [0.1, 0.15) is 17.4 Å². The topological polar surface area (TPSA) is 87.4 Å². The summed E-state index contributed by atoms with van der Waals surface area (Å²) < 4.78 is 5.89. The van der Waals surface area contributed by atoms with E-state index in [0.717, 1.165) is 16.5 Å². The number of amides is 1. The van der Waals surface area contributed by atoms with Gasteiger partial charge in [-0.1, -0.05) is 12.1 Å². The molecule has 0 saturated carbocycles. The molecule has 0 saturated heterocycles. The lowest BCUT2D eigenvalue weighted by molar-refractivity contribution is -0.113. The first-order chi connectivity index (χ1) is 14.5. The summed E-state index contributed by atoms with van der Waals surface area (Å²) in [6, 6.07) is 11.8. The van der Waals surface area contributed by atoms with Crippen LogP contribution in [0.4, 0.5) is 0 Å². The lowest BCUT2D eigenvalue weighted by Crippen LogP contribution is -2.17. The fraction of sp³-hybridized carbons (Fsp3) is 0.182. The molecular weight excluding hydrogens is 416 g/mol. The number of aliphatic imine (C=N–C) groups is 1. The van der Waals surface area contributed by atoms with Crippen molar-refractivity contribution in [3.63, 3.8) is 0 Å². The SMILES string of the molecule is CC(C)Oc1c(C#N)cnc2ccc(/C=C3\SC(NCc4cccs4)=NC3=O)cc12. The molecule has 1 N–H and O–H groups in total. The quantitative estimate of drug-likeness (QED) is 0.585. The van der Waals surface area contributed by atoms with E-state index < -0.39 is 0 Å². The predicted octanol–water partition coefficient (Wildman–Crippen LogP) is 4.72. The Kier molecular flexibility index (Phi) is 5.84. The van der Waals surface area contributed by atoms with Crippen LogP contribution in [-0.2, 0) is 11.3 Å². The Bertz CT molecular complexity index is 1210. The smallest absolute Gasteiger partial charge is 0.286 e. The molecule has 6 nitrogen and oxygen atoms in total. The fourth-order valence-electron chi connectivity index (χ4n) is 2.93. The molecule has 0 aliphatic carbocycles. The summed E-state index contributed by atoms with van der Waals surface area (Å²) in [5, 5.41) is 16.0. The third kappa shape index (κ3) is 4.37. The number of nitrogens with one attached hydrogen (secondary N) is 1. The molecular formula is C22H18N4O2S2. The van der Waals surface area contributed by atoms with Crippen LogP contribution >= 0.6 is 23.1 Å². The first-order valence-electron chi connectivity index (χ1n) is 9.32. The van der Waals surface area contributed by atoms with Crippen molar-refractivity contribution in [1.29, 1.82) is 5.26 Å². The Morgan fingerprint density at radius 3 is 2.93 bits per heavy atom. The van der Waals surface area contributed by atoms with Gasteiger partial charge in [-0.15, -0.1) is 11.3 Å². The summed E-state index contributed by atoms with van der Waals surface area (Å²) >= 11 is 2.97. The molecule has 4 rings (SSSR count). The van der Waals surface area contributed by atoms with E-state index in [1.807, 2.05) is 49.6 Å². The van der Waals surface area contributed by atoms with Gasteiger partial charge in [0.25, 0.3) is 5.91 Å². The third-order valence-corrected chi connectivity index (χ3v) is 6.05. The number of amidine groups is 1. The van der Waals surface area contributed by atoms with Crippen molar-refractivity contribution in [2.24, 2.45) is 4.99 Å². The van der Waals surface area contributed by atoms with Crippen LogP contribution in [0.1, 0.15) is 29.9 Å². The van der Waals surface area contributed by atoms with Crippen molar-refractivity contribution in [2.45, 2.75) is 26.5 Å². The Morgan fingerprint density at radius 2 is 2.20 bits per heavy atom. The highest BCUT2D eigenvalue weighted by molar-refractivity contribution is 8.18. The highest BCUT2D eigenvalue weighted by Gasteiger charge is 2.22. The number of thioether (sulfide) groups is 1. The minimum absolute atomic E-state index is 0.0814. The number of nitriles is 1. The Labute approximate surface area is 182 Å². The molecule has 1 amide bonds. The molecule has 0 fully saturated rings. The summed E-state index contributed by atoms with van der Waals surface area (Å²) in [7, 11) is 0. The van der Waals surface area contributed by atoms with Crippen molar-refractivity contribution >= 4 is 51.2 Å². The highest BCUT2D eigenvalue weighted by atomic mass is 32.2. The normalized spacial score (nSPS) is 14.9. The summed E-state index contributed by atoms with van der Waals surface area (Å²) in [5.41, 5.74) is 1.93. The maximum absolute atomic E-state index is 12.3. The number of hydrogen-bond acceptors (Lipinski definition) is 7. The summed E-state index contributed by atoms with van der Waals surface area (Å²) in [5.74, 6) is 0.244. The summed E-state index contributed by atoms with van der Waals surface area (Å²) in [6.45, 7) is 4.46. The number of thiophene rings is 1. The van der Waals surface area contributed by atoms with Crippen LogP contribution in [0.3, 0.4) is 0 Å². The number of hydrogen-bond donors (Lipinski definition) is 1. The van der Waals surface area contributed by atoms with Crippen LogP contribution in [0.2, 0.25) is 0 Å². The monoisotopic (exact) mass is 434 g/mol. The van der Waals surface area contributed by atoms with E-state index in [1.165, 1.54) is 22.8 Å². The number of benzene rings is 1. The standard InChI is InChI=1S/C22H18N4O2S2/c1-13(2)28-20-15(10-23)11-24-18-6-5-14(8-17(18)20)9-19-21(27)26-22(30-19)25-12-16-4-3-7-29-16/h3-9,11,13H,12H2,1-2H3,(H,25,26,27)/b19-9-. The van der Waals surface area contributed by atoms with Crippen LogP contribution in [0, 0.1) is 11.3 Å². The summed E-state index contributed by atoms with van der Waals surface area (Å²) in [6.07, 6.45) is 3.24. The molecule has 150 valence electrons. The van der Waals surface area contributed by atoms with Gasteiger partial charge in [-0.3, -0.25) is 9.78 Å². The second kappa shape index (κ2) is 8.69. The van der Waals surface area contributed by atoms with Crippen LogP contribution in [0.15, 0.2) is 51.8 Å². The number of ether oxygens (including phenoxy) is 1. The van der Waals surface area contributed by atoms with Gasteiger partial charge in [-0.05, 0) is 60.8 Å². The van der Waals surface area contributed by atoms with E-state index in [-0.39, 0.29) is 12.0 Å². The van der Waals surface area contributed by atoms with E-state index in [9.17, 15) is 10.1 Å². The number of aromatic nitrogens is 1. The second-order valence-electron chi connectivity index (χ2n) is 6.82. The highest BCUT2D eigenvalue weighted by Crippen LogP contribution is 2.32. The number of carbonyl (C=O) groups excluding carboxylic acids is 1. The molecule has 0 unspecified atom stereocenters. The molecule has 30 heavy (non-hydrogen) atoms. The molecule has 8 heteroatoms. The molecule has 0 radical (unpaired) electrons. The fourth-order valence-corrected chi connectivity index (χ4v) is 4.38. The van der Waals surface area contributed by atoms with Crippen LogP contribution < -0.4 is 10.1 Å². The predicted molar refractivity (Wildman–Crippen MR) is 121 cm³/mol. The van der Waals surface area contributed by atoms with Gasteiger partial charge in [0, 0.05) is 16.5 Å². The van der Waals surface area contributed by atoms with E-state index in [2.05, 4.69) is 21.4 Å². The van der Waals surface area contributed by atoms with Gasteiger partial charge in [-0.2, -0.15) is 10.3 Å². The maximum Gasteiger partial charge on any atom is 0.286 e. The Morgan fingerprint density at radius 1 is 1.33 bits per heavy atom. The summed E-state index contributed by atoms with van der Waals surface area (Å²) in [4.78, 5) is 22.5. The largest absolute Gasteiger partial charge is 0.489 e. The van der Waals surface area contributed by atoms with Crippen molar-refractivity contribution < 1.29 is 9.53 Å². The molecule has 1 aliphatic heterocycles.